The number of hydrogen-bond donors (Lipinski definition) is 1. The smallest absolute Gasteiger partial charge is 0.306 e. The fraction of sp³-hybridized carbons (Fsp3) is 0.581. The van der Waals surface area contributed by atoms with Crippen LogP contribution in [0, 0.1) is 0 Å². The maximum atomic E-state index is 12.4. The summed E-state index contributed by atoms with van der Waals surface area (Å²) >= 11 is 1.12. The Morgan fingerprint density at radius 3 is 2.25 bits per heavy atom. The van der Waals surface area contributed by atoms with Crippen LogP contribution >= 0.6 is 11.7 Å². The number of carbonyl (C=O) groups excluding carboxylic acids is 1. The van der Waals surface area contributed by atoms with Gasteiger partial charge in [-0.1, -0.05) is 60.8 Å². The average Bonchev–Trinajstić information content (AvgIpc) is 3.44. The molecule has 40 heavy (non-hydrogen) atoms. The third-order valence-electron chi connectivity index (χ3n) is 6.11. The highest BCUT2D eigenvalue weighted by Gasteiger charge is 2.22. The normalized spacial score (nSPS) is 15.4. The Kier molecular flexibility index (Phi) is 19.2. The van der Waals surface area contributed by atoms with E-state index in [1.165, 1.54) is 6.42 Å². The van der Waals surface area contributed by atoms with E-state index in [0.29, 0.717) is 38.5 Å². The average molecular weight is 573 g/mol. The SMILES string of the molecule is CC=CC/C=C\C/C=C\C/C=C\CCCC/C=C\CCC(=O)OC(CNC)COc1nsnc1N1CCOCC1. The molecule has 1 aromatic heterocycles. The molecule has 1 aliphatic rings. The molecule has 9 heteroatoms. The maximum Gasteiger partial charge on any atom is 0.306 e. The summed E-state index contributed by atoms with van der Waals surface area (Å²) in [5.41, 5.74) is 0. The Hall–Kier alpha value is -2.75. The molecule has 0 aromatic carbocycles. The Morgan fingerprint density at radius 1 is 0.950 bits per heavy atom. The zero-order valence-corrected chi connectivity index (χ0v) is 25.2. The van der Waals surface area contributed by atoms with E-state index in [4.69, 9.17) is 14.2 Å². The van der Waals surface area contributed by atoms with Crippen molar-refractivity contribution in [1.29, 1.82) is 0 Å². The van der Waals surface area contributed by atoms with Gasteiger partial charge in [0.05, 0.1) is 24.9 Å². The number of likely N-dealkylation sites (N-methyl/N-ethyl adjacent to an activating group) is 1. The lowest BCUT2D eigenvalue weighted by Gasteiger charge is -2.27. The van der Waals surface area contributed by atoms with Crippen LogP contribution in [0.1, 0.15) is 64.7 Å². The summed E-state index contributed by atoms with van der Waals surface area (Å²) in [7, 11) is 1.83. The quantitative estimate of drug-likeness (QED) is 0.106. The molecule has 0 aliphatic carbocycles. The second-order valence-corrected chi connectivity index (χ2v) is 9.99. The van der Waals surface area contributed by atoms with Gasteiger partial charge in [-0.2, -0.15) is 4.37 Å². The molecule has 2 rings (SSSR count). The first-order valence-electron chi connectivity index (χ1n) is 14.6. The van der Waals surface area contributed by atoms with Gasteiger partial charge in [0.15, 0.2) is 0 Å². The molecule has 8 nitrogen and oxygen atoms in total. The first kappa shape index (κ1) is 33.5. The Balaban J connectivity index is 1.52. The van der Waals surface area contributed by atoms with Crippen LogP contribution in [0.25, 0.3) is 0 Å². The van der Waals surface area contributed by atoms with Gasteiger partial charge in [-0.05, 0) is 65.3 Å². The standard InChI is InChI=1S/C31H48N4O4S/c1-3-4-5-6-7-8-9-10-11-12-13-14-15-16-17-18-19-20-21-29(36)39-28(26-32-2)27-38-31-30(33-40-34-31)35-22-24-37-25-23-35/h3-4,6-7,9-10,12-13,18-19,28,32H,5,8,11,14-17,20-27H2,1-2H3/b4-3?,7-6-,10-9-,13-12-,19-18-. The Morgan fingerprint density at radius 2 is 1.57 bits per heavy atom. The number of unbranched alkanes of at least 4 members (excludes halogenated alkanes) is 3. The van der Waals surface area contributed by atoms with Crippen LogP contribution in [0.15, 0.2) is 60.8 Å². The first-order chi connectivity index (χ1) is 19.7. The van der Waals surface area contributed by atoms with Crippen LogP contribution in [-0.2, 0) is 14.3 Å². The van der Waals surface area contributed by atoms with E-state index in [0.717, 1.165) is 69.2 Å². The molecule has 222 valence electrons. The van der Waals surface area contributed by atoms with Crippen LogP contribution in [0.4, 0.5) is 5.82 Å². The van der Waals surface area contributed by atoms with Gasteiger partial charge in [0, 0.05) is 26.1 Å². The minimum atomic E-state index is -0.394. The fourth-order valence-electron chi connectivity index (χ4n) is 3.95. The van der Waals surface area contributed by atoms with Crippen LogP contribution in [0.3, 0.4) is 0 Å². The van der Waals surface area contributed by atoms with Crippen LogP contribution in [-0.4, -0.2) is 67.3 Å². The van der Waals surface area contributed by atoms with E-state index in [1.54, 1.807) is 0 Å². The zero-order chi connectivity index (χ0) is 28.5. The molecule has 0 saturated carbocycles. The Labute approximate surface area is 245 Å². The van der Waals surface area contributed by atoms with Crippen molar-refractivity contribution < 1.29 is 19.0 Å². The predicted octanol–water partition coefficient (Wildman–Crippen LogP) is 6.20. The second-order valence-electron chi connectivity index (χ2n) is 9.46. The molecule has 0 bridgehead atoms. The number of hydrogen-bond acceptors (Lipinski definition) is 9. The summed E-state index contributed by atoms with van der Waals surface area (Å²) < 4.78 is 25.6. The highest BCUT2D eigenvalue weighted by molar-refractivity contribution is 6.99. The zero-order valence-electron chi connectivity index (χ0n) is 24.3. The molecular formula is C31H48N4O4S. The topological polar surface area (TPSA) is 85.8 Å². The summed E-state index contributed by atoms with van der Waals surface area (Å²) in [5, 5.41) is 3.06. The van der Waals surface area contributed by atoms with E-state index < -0.39 is 6.10 Å². The van der Waals surface area contributed by atoms with Gasteiger partial charge >= 0.3 is 5.97 Å². The number of morpholine rings is 1. The lowest BCUT2D eigenvalue weighted by Crippen LogP contribution is -2.37. The van der Waals surface area contributed by atoms with Gasteiger partial charge in [-0.25, -0.2) is 0 Å². The van der Waals surface area contributed by atoms with E-state index >= 15 is 0 Å². The monoisotopic (exact) mass is 572 g/mol. The van der Waals surface area contributed by atoms with E-state index in [-0.39, 0.29) is 12.6 Å². The number of anilines is 1. The third kappa shape index (κ3) is 15.7. The minimum Gasteiger partial charge on any atom is -0.470 e. The van der Waals surface area contributed by atoms with Gasteiger partial charge in [0.25, 0.3) is 5.88 Å². The van der Waals surface area contributed by atoms with Crippen LogP contribution in [0.2, 0.25) is 0 Å². The molecule has 0 radical (unpaired) electrons. The number of nitrogens with zero attached hydrogens (tertiary/aromatic N) is 3. The second kappa shape index (κ2) is 23.0. The summed E-state index contributed by atoms with van der Waals surface area (Å²) in [4.78, 5) is 14.5. The molecule has 1 unspecified atom stereocenters. The number of esters is 1. The van der Waals surface area contributed by atoms with E-state index in [2.05, 4.69) is 79.7 Å². The summed E-state index contributed by atoms with van der Waals surface area (Å²) in [6.45, 7) is 5.62. The van der Waals surface area contributed by atoms with Crippen molar-refractivity contribution in [1.82, 2.24) is 14.1 Å². The summed E-state index contributed by atoms with van der Waals surface area (Å²) in [6.07, 6.45) is 30.0. The highest BCUT2D eigenvalue weighted by atomic mass is 32.1. The van der Waals surface area contributed by atoms with Crippen molar-refractivity contribution in [3.63, 3.8) is 0 Å². The molecule has 1 aliphatic heterocycles. The highest BCUT2D eigenvalue weighted by Crippen LogP contribution is 2.26. The molecule has 1 fully saturated rings. The molecule has 1 atom stereocenters. The maximum absolute atomic E-state index is 12.4. The molecule has 1 N–H and O–H groups in total. The van der Waals surface area contributed by atoms with Gasteiger partial charge in [0.1, 0.15) is 12.7 Å². The van der Waals surface area contributed by atoms with E-state index in [1.807, 2.05) is 14.0 Å². The van der Waals surface area contributed by atoms with Crippen molar-refractivity contribution in [2.45, 2.75) is 70.8 Å². The minimum absolute atomic E-state index is 0.220. The number of allylic oxidation sites excluding steroid dienone is 10. The molecule has 0 amide bonds. The van der Waals surface area contributed by atoms with Crippen molar-refractivity contribution >= 4 is 23.5 Å². The lowest BCUT2D eigenvalue weighted by molar-refractivity contribution is -0.150. The number of ether oxygens (including phenoxy) is 3. The molecule has 1 saturated heterocycles. The van der Waals surface area contributed by atoms with Crippen molar-refractivity contribution in [3.8, 4) is 5.88 Å². The number of rotatable bonds is 21. The molecule has 1 aromatic rings. The number of aromatic nitrogens is 2. The molecule has 2 heterocycles. The fourth-order valence-corrected chi connectivity index (χ4v) is 4.47. The number of nitrogens with one attached hydrogen (secondary N) is 1. The Bertz CT molecular complexity index is 936. The van der Waals surface area contributed by atoms with Crippen molar-refractivity contribution in [2.75, 3.05) is 51.4 Å². The van der Waals surface area contributed by atoms with Gasteiger partial charge in [0.2, 0.25) is 5.82 Å². The summed E-state index contributed by atoms with van der Waals surface area (Å²) in [6, 6.07) is 0. The predicted molar refractivity (Wildman–Crippen MR) is 165 cm³/mol. The largest absolute Gasteiger partial charge is 0.470 e. The van der Waals surface area contributed by atoms with Gasteiger partial charge in [-0.15, -0.1) is 4.37 Å². The van der Waals surface area contributed by atoms with Crippen molar-refractivity contribution in [2.24, 2.45) is 0 Å². The number of carbonyl (C=O) groups is 1. The third-order valence-corrected chi connectivity index (χ3v) is 6.62. The molecule has 0 spiro atoms. The van der Waals surface area contributed by atoms with Crippen LogP contribution in [0.5, 0.6) is 5.88 Å². The summed E-state index contributed by atoms with van der Waals surface area (Å²) in [5.74, 6) is 0.997. The van der Waals surface area contributed by atoms with E-state index in [9.17, 15) is 4.79 Å². The van der Waals surface area contributed by atoms with Crippen LogP contribution < -0.4 is 15.0 Å². The van der Waals surface area contributed by atoms with Gasteiger partial charge in [-0.3, -0.25) is 4.79 Å². The van der Waals surface area contributed by atoms with Crippen molar-refractivity contribution in [3.05, 3.63) is 60.8 Å². The van der Waals surface area contributed by atoms with Gasteiger partial charge < -0.3 is 24.4 Å². The first-order valence-corrected chi connectivity index (χ1v) is 15.3. The lowest BCUT2D eigenvalue weighted by atomic mass is 10.1. The molecular weight excluding hydrogens is 524 g/mol.